The molecule has 1 atom stereocenters. The largest absolute Gasteiger partial charge is 0.448 e. The monoisotopic (exact) mass is 371 g/mol. The number of rotatable bonds is 6. The second kappa shape index (κ2) is 8.07. The number of H-pyrrole nitrogens is 1. The van der Waals surface area contributed by atoms with Gasteiger partial charge in [-0.15, -0.1) is 0 Å². The number of carbonyl (C=O) groups excluding carboxylic acids is 3. The van der Waals surface area contributed by atoms with Crippen molar-refractivity contribution in [2.75, 3.05) is 24.3 Å². The molecular weight excluding hydrogens is 346 g/mol. The number of carbonyl (C=O) groups is 3. The molecule has 0 saturated heterocycles. The Bertz CT molecular complexity index is 866. The number of hydrogen-bond donors (Lipinski definition) is 2. The maximum atomic E-state index is 12.4. The average molecular weight is 371 g/mol. The van der Waals surface area contributed by atoms with Gasteiger partial charge in [0.05, 0.1) is 0 Å². The lowest BCUT2D eigenvalue weighted by atomic mass is 10.1. The zero-order valence-electron chi connectivity index (χ0n) is 16.5. The van der Waals surface area contributed by atoms with Gasteiger partial charge in [-0.05, 0) is 57.5 Å². The highest BCUT2D eigenvalue weighted by Gasteiger charge is 2.24. The van der Waals surface area contributed by atoms with E-state index in [-0.39, 0.29) is 11.5 Å². The van der Waals surface area contributed by atoms with Crippen LogP contribution in [0.4, 0.5) is 11.4 Å². The molecule has 2 rings (SSSR count). The fraction of sp³-hybridized carbons (Fsp3) is 0.350. The number of ether oxygens (including phenoxy) is 1. The van der Waals surface area contributed by atoms with E-state index < -0.39 is 18.0 Å². The zero-order chi connectivity index (χ0) is 20.3. The lowest BCUT2D eigenvalue weighted by Gasteiger charge is -2.15. The number of hydrogen-bond acceptors (Lipinski definition) is 5. The summed E-state index contributed by atoms with van der Waals surface area (Å²) in [5, 5.41) is 2.72. The molecule has 1 aromatic heterocycles. The van der Waals surface area contributed by atoms with Gasteiger partial charge in [-0.1, -0.05) is 0 Å². The molecule has 0 spiro atoms. The first-order valence-electron chi connectivity index (χ1n) is 8.61. The van der Waals surface area contributed by atoms with Crippen molar-refractivity contribution in [3.63, 3.8) is 0 Å². The van der Waals surface area contributed by atoms with Crippen LogP contribution in [0.1, 0.15) is 46.0 Å². The Labute approximate surface area is 158 Å². The third-order valence-electron chi connectivity index (χ3n) is 4.30. The van der Waals surface area contributed by atoms with Gasteiger partial charge in [0.1, 0.15) is 5.69 Å². The molecule has 1 aromatic carbocycles. The minimum absolute atomic E-state index is 0.132. The molecule has 7 heteroatoms. The van der Waals surface area contributed by atoms with Crippen molar-refractivity contribution in [3.05, 3.63) is 46.8 Å². The number of nitrogens with zero attached hydrogens (tertiary/aromatic N) is 1. The standard InChI is InChI=1S/C20H25N3O4/c1-11-17(13(3)24)12(2)21-18(11)20(26)27-14(4)19(25)22-15-7-9-16(10-8-15)23(5)6/h7-10,14,21H,1-6H3,(H,22,25). The normalized spacial score (nSPS) is 11.6. The molecule has 1 heterocycles. The number of Topliss-reactive ketones (excluding diaryl/α,β-unsaturated/α-hetero) is 1. The van der Waals surface area contributed by atoms with Crippen LogP contribution in [-0.4, -0.2) is 42.8 Å². The summed E-state index contributed by atoms with van der Waals surface area (Å²) in [6.45, 7) is 6.33. The lowest BCUT2D eigenvalue weighted by Crippen LogP contribution is -2.30. The van der Waals surface area contributed by atoms with Gasteiger partial charge < -0.3 is 19.9 Å². The Balaban J connectivity index is 2.04. The van der Waals surface area contributed by atoms with E-state index in [9.17, 15) is 14.4 Å². The molecule has 2 aromatic rings. The highest BCUT2D eigenvalue weighted by Crippen LogP contribution is 2.20. The van der Waals surface area contributed by atoms with E-state index in [1.54, 1.807) is 26.0 Å². The minimum atomic E-state index is -0.991. The van der Waals surface area contributed by atoms with Gasteiger partial charge in [-0.2, -0.15) is 0 Å². The number of ketones is 1. The van der Waals surface area contributed by atoms with Crippen molar-refractivity contribution in [1.82, 2.24) is 4.98 Å². The number of amides is 1. The van der Waals surface area contributed by atoms with Crippen LogP contribution in [0.2, 0.25) is 0 Å². The summed E-state index contributed by atoms with van der Waals surface area (Å²) in [7, 11) is 3.86. The van der Waals surface area contributed by atoms with Crippen molar-refractivity contribution < 1.29 is 19.1 Å². The molecule has 1 unspecified atom stereocenters. The number of anilines is 2. The van der Waals surface area contributed by atoms with Gasteiger partial charge in [0, 0.05) is 36.7 Å². The highest BCUT2D eigenvalue weighted by atomic mass is 16.5. The number of aromatic amines is 1. The first-order valence-corrected chi connectivity index (χ1v) is 8.61. The summed E-state index contributed by atoms with van der Waals surface area (Å²) in [5.74, 6) is -1.24. The topological polar surface area (TPSA) is 91.5 Å². The summed E-state index contributed by atoms with van der Waals surface area (Å²) < 4.78 is 5.26. The second-order valence-electron chi connectivity index (χ2n) is 6.66. The number of nitrogens with one attached hydrogen (secondary N) is 2. The maximum Gasteiger partial charge on any atom is 0.355 e. The van der Waals surface area contributed by atoms with Crippen LogP contribution in [0.5, 0.6) is 0 Å². The van der Waals surface area contributed by atoms with Gasteiger partial charge >= 0.3 is 5.97 Å². The van der Waals surface area contributed by atoms with Gasteiger partial charge in [0.2, 0.25) is 0 Å². The van der Waals surface area contributed by atoms with Crippen molar-refractivity contribution in [2.24, 2.45) is 0 Å². The van der Waals surface area contributed by atoms with E-state index >= 15 is 0 Å². The van der Waals surface area contributed by atoms with E-state index in [1.165, 1.54) is 13.8 Å². The first kappa shape index (κ1) is 20.2. The Morgan fingerprint density at radius 2 is 1.70 bits per heavy atom. The Morgan fingerprint density at radius 1 is 1.11 bits per heavy atom. The van der Waals surface area contributed by atoms with Crippen LogP contribution in [0.3, 0.4) is 0 Å². The summed E-state index contributed by atoms with van der Waals surface area (Å²) in [6.07, 6.45) is -0.991. The molecule has 0 fully saturated rings. The third-order valence-corrected chi connectivity index (χ3v) is 4.30. The van der Waals surface area contributed by atoms with Crippen LogP contribution in [0, 0.1) is 13.8 Å². The predicted octanol–water partition coefficient (Wildman–Crippen LogP) is 3.08. The molecule has 2 N–H and O–H groups in total. The van der Waals surface area contributed by atoms with E-state index in [4.69, 9.17) is 4.74 Å². The molecule has 27 heavy (non-hydrogen) atoms. The van der Waals surface area contributed by atoms with Gasteiger partial charge in [0.25, 0.3) is 5.91 Å². The van der Waals surface area contributed by atoms with Gasteiger partial charge in [0.15, 0.2) is 11.9 Å². The van der Waals surface area contributed by atoms with Gasteiger partial charge in [-0.25, -0.2) is 4.79 Å². The van der Waals surface area contributed by atoms with E-state index in [2.05, 4.69) is 10.3 Å². The van der Waals surface area contributed by atoms with Crippen LogP contribution in [-0.2, 0) is 9.53 Å². The molecule has 144 valence electrons. The molecule has 0 bridgehead atoms. The summed E-state index contributed by atoms with van der Waals surface area (Å²) in [5.41, 5.74) is 3.40. The second-order valence-corrected chi connectivity index (χ2v) is 6.66. The molecule has 0 aliphatic heterocycles. The van der Waals surface area contributed by atoms with Crippen molar-refractivity contribution in [3.8, 4) is 0 Å². The van der Waals surface area contributed by atoms with Crippen LogP contribution >= 0.6 is 0 Å². The third kappa shape index (κ3) is 4.55. The Hall–Kier alpha value is -3.09. The van der Waals surface area contributed by atoms with Crippen LogP contribution < -0.4 is 10.2 Å². The number of benzene rings is 1. The number of aromatic nitrogens is 1. The molecular formula is C20H25N3O4. The molecule has 0 saturated carbocycles. The van der Waals surface area contributed by atoms with Crippen LogP contribution in [0.25, 0.3) is 0 Å². The first-order chi connectivity index (χ1) is 12.6. The zero-order valence-corrected chi connectivity index (χ0v) is 16.5. The molecule has 0 aliphatic rings. The quantitative estimate of drug-likeness (QED) is 0.601. The summed E-state index contributed by atoms with van der Waals surface area (Å²) >= 11 is 0. The SMILES string of the molecule is CC(=O)c1c(C)[nH]c(C(=O)OC(C)C(=O)Nc2ccc(N(C)C)cc2)c1C. The fourth-order valence-electron chi connectivity index (χ4n) is 2.84. The fourth-order valence-corrected chi connectivity index (χ4v) is 2.84. The Kier molecular flexibility index (Phi) is 6.05. The molecule has 0 radical (unpaired) electrons. The van der Waals surface area contributed by atoms with Crippen molar-refractivity contribution in [2.45, 2.75) is 33.8 Å². The smallest absolute Gasteiger partial charge is 0.355 e. The highest BCUT2D eigenvalue weighted by molar-refractivity contribution is 6.02. The summed E-state index contributed by atoms with van der Waals surface area (Å²) in [4.78, 5) is 41.2. The van der Waals surface area contributed by atoms with Crippen LogP contribution in [0.15, 0.2) is 24.3 Å². The lowest BCUT2D eigenvalue weighted by molar-refractivity contribution is -0.123. The molecule has 7 nitrogen and oxygen atoms in total. The number of esters is 1. The number of aryl methyl sites for hydroxylation is 1. The average Bonchev–Trinajstić information content (AvgIpc) is 2.89. The molecule has 0 aliphatic carbocycles. The van der Waals surface area contributed by atoms with Crippen molar-refractivity contribution in [1.29, 1.82) is 0 Å². The van der Waals surface area contributed by atoms with E-state index in [0.29, 0.717) is 22.5 Å². The predicted molar refractivity (Wildman–Crippen MR) is 105 cm³/mol. The minimum Gasteiger partial charge on any atom is -0.448 e. The van der Waals surface area contributed by atoms with E-state index in [0.717, 1.165) is 5.69 Å². The maximum absolute atomic E-state index is 12.4. The molecule has 1 amide bonds. The van der Waals surface area contributed by atoms with Gasteiger partial charge in [-0.3, -0.25) is 9.59 Å². The van der Waals surface area contributed by atoms with Crippen molar-refractivity contribution >= 4 is 29.0 Å². The van der Waals surface area contributed by atoms with E-state index in [1.807, 2.05) is 31.1 Å². The summed E-state index contributed by atoms with van der Waals surface area (Å²) in [6, 6.07) is 7.31. The Morgan fingerprint density at radius 3 is 2.19 bits per heavy atom.